The normalized spacial score (nSPS) is 16.5. The zero-order chi connectivity index (χ0) is 16.7. The Morgan fingerprint density at radius 1 is 1.25 bits per heavy atom. The van der Waals surface area contributed by atoms with Crippen LogP contribution in [0.25, 0.3) is 22.6 Å². The number of fused-ring (bicyclic) bond motifs is 1. The van der Waals surface area contributed by atoms with Gasteiger partial charge in [-0.3, -0.25) is 0 Å². The third-order valence-corrected chi connectivity index (χ3v) is 4.34. The van der Waals surface area contributed by atoms with Crippen molar-refractivity contribution >= 4 is 11.1 Å². The van der Waals surface area contributed by atoms with E-state index in [1.165, 1.54) is 5.56 Å². The third kappa shape index (κ3) is 2.79. The van der Waals surface area contributed by atoms with Crippen LogP contribution in [0.2, 0.25) is 0 Å². The largest absolute Gasteiger partial charge is 0.436 e. The maximum atomic E-state index is 9.22. The Labute approximate surface area is 140 Å². The van der Waals surface area contributed by atoms with Gasteiger partial charge in [-0.1, -0.05) is 26.0 Å². The van der Waals surface area contributed by atoms with Gasteiger partial charge in [0.15, 0.2) is 5.58 Å². The summed E-state index contributed by atoms with van der Waals surface area (Å²) in [6.07, 6.45) is 1.34. The molecule has 120 valence electrons. The highest BCUT2D eigenvalue weighted by Crippen LogP contribution is 2.31. The summed E-state index contributed by atoms with van der Waals surface area (Å²) in [6, 6.07) is 14.1. The zero-order valence-corrected chi connectivity index (χ0v) is 13.7. The lowest BCUT2D eigenvalue weighted by molar-refractivity contribution is 0.407. The van der Waals surface area contributed by atoms with Gasteiger partial charge in [0.2, 0.25) is 5.89 Å². The molecular weight excluding hydrogens is 300 g/mol. The molecule has 2 aromatic carbocycles. The molecule has 1 saturated heterocycles. The van der Waals surface area contributed by atoms with Crippen molar-refractivity contribution in [2.45, 2.75) is 32.3 Å². The Bertz CT molecular complexity index is 929. The first-order valence-corrected chi connectivity index (χ1v) is 8.19. The molecule has 2 heterocycles. The Balaban J connectivity index is 1.74. The molecule has 24 heavy (non-hydrogen) atoms. The molecule has 4 rings (SSSR count). The van der Waals surface area contributed by atoms with E-state index in [2.05, 4.69) is 37.0 Å². The summed E-state index contributed by atoms with van der Waals surface area (Å²) >= 11 is 0. The van der Waals surface area contributed by atoms with Crippen molar-refractivity contribution in [2.75, 3.05) is 6.61 Å². The molecule has 1 unspecified atom stereocenters. The second kappa shape index (κ2) is 5.77. The molecule has 0 bridgehead atoms. The van der Waals surface area contributed by atoms with Gasteiger partial charge >= 0.3 is 0 Å². The number of benzene rings is 2. The van der Waals surface area contributed by atoms with Gasteiger partial charge in [-0.25, -0.2) is 4.98 Å². The van der Waals surface area contributed by atoms with Crippen LogP contribution >= 0.6 is 0 Å². The molecule has 4 heteroatoms. The third-order valence-electron chi connectivity index (χ3n) is 4.34. The van der Waals surface area contributed by atoms with Crippen LogP contribution in [-0.4, -0.2) is 17.7 Å². The molecule has 1 atom stereocenters. The fourth-order valence-electron chi connectivity index (χ4n) is 2.91. The van der Waals surface area contributed by atoms with Crippen LogP contribution in [0.15, 0.2) is 40.8 Å². The minimum Gasteiger partial charge on any atom is -0.436 e. The molecular formula is C20H18N2O2. The van der Waals surface area contributed by atoms with Gasteiger partial charge in [-0.2, -0.15) is 5.26 Å². The van der Waals surface area contributed by atoms with E-state index in [1.54, 1.807) is 6.07 Å². The second-order valence-corrected chi connectivity index (χ2v) is 6.56. The molecule has 3 aromatic rings. The maximum absolute atomic E-state index is 9.22. The van der Waals surface area contributed by atoms with Gasteiger partial charge < -0.3 is 9.15 Å². The van der Waals surface area contributed by atoms with Gasteiger partial charge in [-0.15, -0.1) is 0 Å². The monoisotopic (exact) mass is 318 g/mol. The van der Waals surface area contributed by atoms with E-state index in [1.807, 2.05) is 18.2 Å². The van der Waals surface area contributed by atoms with Crippen molar-refractivity contribution in [3.8, 4) is 17.5 Å². The number of oxazole rings is 1. The fraction of sp³-hybridized carbons (Fsp3) is 0.300. The van der Waals surface area contributed by atoms with Crippen LogP contribution in [0.3, 0.4) is 0 Å². The van der Waals surface area contributed by atoms with Gasteiger partial charge in [0, 0.05) is 17.5 Å². The molecule has 1 aliphatic rings. The number of ether oxygens (including phenoxy) is 1. The van der Waals surface area contributed by atoms with Crippen LogP contribution < -0.4 is 0 Å². The van der Waals surface area contributed by atoms with Crippen LogP contribution in [0.1, 0.15) is 36.5 Å². The standard InChI is InChI=1S/C20H18N2O2/c1-12(2)17-8-14(10-21)9-18-19(17)24-20(22-18)15-5-3-13(4-6-15)7-16-11-23-16/h3-6,8-9,12,16H,7,11H2,1-2H3. The lowest BCUT2D eigenvalue weighted by Gasteiger charge is -2.05. The summed E-state index contributed by atoms with van der Waals surface area (Å²) in [5.74, 6) is 0.860. The van der Waals surface area contributed by atoms with Crippen molar-refractivity contribution < 1.29 is 9.15 Å². The quantitative estimate of drug-likeness (QED) is 0.668. The second-order valence-electron chi connectivity index (χ2n) is 6.56. The zero-order valence-electron chi connectivity index (χ0n) is 13.7. The smallest absolute Gasteiger partial charge is 0.227 e. The Morgan fingerprint density at radius 2 is 2.00 bits per heavy atom. The van der Waals surface area contributed by atoms with E-state index in [0.717, 1.165) is 35.3 Å². The molecule has 0 spiro atoms. The summed E-state index contributed by atoms with van der Waals surface area (Å²) in [6.45, 7) is 5.05. The Hall–Kier alpha value is -2.64. The van der Waals surface area contributed by atoms with E-state index in [9.17, 15) is 5.26 Å². The molecule has 0 radical (unpaired) electrons. The highest BCUT2D eigenvalue weighted by molar-refractivity contribution is 5.81. The SMILES string of the molecule is CC(C)c1cc(C#N)cc2nc(-c3ccc(CC4CO4)cc3)oc12. The predicted octanol–water partition coefficient (Wildman–Crippen LogP) is 4.43. The number of rotatable bonds is 4. The number of epoxide rings is 1. The van der Waals surface area contributed by atoms with Crippen molar-refractivity contribution in [3.05, 3.63) is 53.1 Å². The molecule has 0 N–H and O–H groups in total. The molecule has 1 aromatic heterocycles. The lowest BCUT2D eigenvalue weighted by Crippen LogP contribution is -1.92. The number of nitrogens with zero attached hydrogens (tertiary/aromatic N) is 2. The van der Waals surface area contributed by atoms with Crippen LogP contribution in [0, 0.1) is 11.3 Å². The predicted molar refractivity (Wildman–Crippen MR) is 91.7 cm³/mol. The van der Waals surface area contributed by atoms with E-state index in [-0.39, 0.29) is 5.92 Å². The fourth-order valence-corrected chi connectivity index (χ4v) is 2.91. The van der Waals surface area contributed by atoms with E-state index < -0.39 is 0 Å². The number of hydrogen-bond donors (Lipinski definition) is 0. The van der Waals surface area contributed by atoms with Gasteiger partial charge in [0.25, 0.3) is 0 Å². The van der Waals surface area contributed by atoms with Crippen molar-refractivity contribution in [1.82, 2.24) is 4.98 Å². The van der Waals surface area contributed by atoms with Crippen LogP contribution in [0.4, 0.5) is 0 Å². The number of nitriles is 1. The van der Waals surface area contributed by atoms with Gasteiger partial charge in [0.05, 0.1) is 24.3 Å². The van der Waals surface area contributed by atoms with Gasteiger partial charge in [-0.05, 0) is 35.7 Å². The average molecular weight is 318 g/mol. The highest BCUT2D eigenvalue weighted by atomic mass is 16.6. The summed E-state index contributed by atoms with van der Waals surface area (Å²) in [7, 11) is 0. The molecule has 1 fully saturated rings. The minimum absolute atomic E-state index is 0.266. The van der Waals surface area contributed by atoms with Crippen molar-refractivity contribution in [2.24, 2.45) is 0 Å². The lowest BCUT2D eigenvalue weighted by atomic mass is 10.00. The topological polar surface area (TPSA) is 62.4 Å². The van der Waals surface area contributed by atoms with Crippen molar-refractivity contribution in [3.63, 3.8) is 0 Å². The first kappa shape index (κ1) is 14.9. The summed E-state index contributed by atoms with van der Waals surface area (Å²) in [5, 5.41) is 9.22. The number of hydrogen-bond acceptors (Lipinski definition) is 4. The summed E-state index contributed by atoms with van der Waals surface area (Å²) < 4.78 is 11.3. The molecule has 0 aliphatic carbocycles. The van der Waals surface area contributed by atoms with E-state index in [4.69, 9.17) is 9.15 Å². The first-order valence-electron chi connectivity index (χ1n) is 8.19. The number of aromatic nitrogens is 1. The summed E-state index contributed by atoms with van der Waals surface area (Å²) in [4.78, 5) is 4.60. The maximum Gasteiger partial charge on any atom is 0.227 e. The van der Waals surface area contributed by atoms with Crippen LogP contribution in [-0.2, 0) is 11.2 Å². The van der Waals surface area contributed by atoms with E-state index >= 15 is 0 Å². The minimum atomic E-state index is 0.266. The van der Waals surface area contributed by atoms with Gasteiger partial charge in [0.1, 0.15) is 5.52 Å². The molecule has 1 aliphatic heterocycles. The molecule has 4 nitrogen and oxygen atoms in total. The van der Waals surface area contributed by atoms with Crippen LogP contribution in [0.5, 0.6) is 0 Å². The Kier molecular flexibility index (Phi) is 3.59. The summed E-state index contributed by atoms with van der Waals surface area (Å²) in [5.41, 5.74) is 5.35. The highest BCUT2D eigenvalue weighted by Gasteiger charge is 2.22. The average Bonchev–Trinajstić information content (AvgIpc) is 3.29. The van der Waals surface area contributed by atoms with E-state index in [0.29, 0.717) is 17.6 Å². The first-order chi connectivity index (χ1) is 11.6. The molecule has 0 saturated carbocycles. The van der Waals surface area contributed by atoms with Crippen molar-refractivity contribution in [1.29, 1.82) is 5.26 Å². The molecule has 0 amide bonds. The Morgan fingerprint density at radius 3 is 2.62 bits per heavy atom.